The Kier molecular flexibility index (Phi) is 7.58. The minimum absolute atomic E-state index is 0.171. The van der Waals surface area contributed by atoms with Gasteiger partial charge in [0.15, 0.2) is 5.78 Å². The Morgan fingerprint density at radius 2 is 1.91 bits per heavy atom. The van der Waals surface area contributed by atoms with Crippen LogP contribution in [0.5, 0.6) is 5.88 Å². The van der Waals surface area contributed by atoms with Gasteiger partial charge < -0.3 is 36.9 Å². The molecule has 2 fully saturated rings. The van der Waals surface area contributed by atoms with Gasteiger partial charge in [-0.1, -0.05) is 6.07 Å². The molecule has 2 aliphatic heterocycles. The predicted octanol–water partition coefficient (Wildman–Crippen LogP) is 2.78. The number of piperidine rings is 1. The number of carbonyl (C=O) groups is 3. The monoisotopic (exact) mass is 608 g/mol. The number of ketones is 1. The number of rotatable bonds is 5. The number of aromatic nitrogens is 1. The Balaban J connectivity index is 1.24. The number of likely N-dealkylation sites (tertiary alicyclic amines) is 1. The van der Waals surface area contributed by atoms with E-state index in [2.05, 4.69) is 10.3 Å². The zero-order valence-electron chi connectivity index (χ0n) is 24.8. The second-order valence-corrected chi connectivity index (χ2v) is 14.2. The maximum absolute atomic E-state index is 14.1. The molecule has 2 aliphatic carbocycles. The Morgan fingerprint density at radius 1 is 1.14 bits per heavy atom. The van der Waals surface area contributed by atoms with Gasteiger partial charge >= 0.3 is 6.09 Å². The first-order chi connectivity index (χ1) is 20.4. The Labute approximate surface area is 255 Å². The summed E-state index contributed by atoms with van der Waals surface area (Å²) in [5.41, 5.74) is 20.2. The first-order valence-corrected chi connectivity index (χ1v) is 15.8. The predicted molar refractivity (Wildman–Crippen MR) is 163 cm³/mol. The molecule has 230 valence electrons. The van der Waals surface area contributed by atoms with Gasteiger partial charge in [0.1, 0.15) is 17.2 Å². The summed E-state index contributed by atoms with van der Waals surface area (Å²) in [4.78, 5) is 47.3. The van der Waals surface area contributed by atoms with E-state index in [0.717, 1.165) is 42.6 Å². The van der Waals surface area contributed by atoms with Crippen LogP contribution in [0.3, 0.4) is 0 Å². The van der Waals surface area contributed by atoms with Gasteiger partial charge in [-0.15, -0.1) is 11.8 Å². The fourth-order valence-corrected chi connectivity index (χ4v) is 7.89. The molecular weight excluding hydrogens is 568 g/mol. The number of anilines is 1. The minimum atomic E-state index is -1.56. The van der Waals surface area contributed by atoms with Gasteiger partial charge in [-0.3, -0.25) is 9.59 Å². The zero-order valence-corrected chi connectivity index (χ0v) is 25.6. The smallest absolute Gasteiger partial charge is 0.410 e. The number of Topliss-reactive ketones (excluding diaryl/α,β-unsaturated/α-hetero) is 1. The molecule has 3 heterocycles. The van der Waals surface area contributed by atoms with Gasteiger partial charge in [-0.05, 0) is 76.1 Å². The molecule has 1 saturated heterocycles. The molecule has 1 aromatic carbocycles. The largest absolute Gasteiger partial charge is 0.474 e. The van der Waals surface area contributed by atoms with E-state index in [9.17, 15) is 14.4 Å². The molecule has 1 aromatic heterocycles. The van der Waals surface area contributed by atoms with Gasteiger partial charge in [-0.25, -0.2) is 9.78 Å². The number of nitrogens with one attached hydrogen (secondary N) is 1. The van der Waals surface area contributed by atoms with Crippen molar-refractivity contribution in [1.82, 2.24) is 15.2 Å². The summed E-state index contributed by atoms with van der Waals surface area (Å²) < 4.78 is 11.4. The molecule has 4 aliphatic rings. The second-order valence-electron chi connectivity index (χ2n) is 13.0. The van der Waals surface area contributed by atoms with Gasteiger partial charge in [0, 0.05) is 53.5 Å². The van der Waals surface area contributed by atoms with Crippen molar-refractivity contribution in [2.75, 3.05) is 18.8 Å². The summed E-state index contributed by atoms with van der Waals surface area (Å²) in [5, 5.41) is 2.43. The third-order valence-corrected chi connectivity index (χ3v) is 10.3. The molecule has 1 saturated carbocycles. The van der Waals surface area contributed by atoms with Crippen molar-refractivity contribution in [2.24, 2.45) is 11.5 Å². The summed E-state index contributed by atoms with van der Waals surface area (Å²) >= 11 is 1.32. The number of pyridine rings is 1. The highest BCUT2D eigenvalue weighted by Crippen LogP contribution is 2.56. The lowest BCUT2D eigenvalue weighted by atomic mass is 9.65. The van der Waals surface area contributed by atoms with Crippen LogP contribution in [0.2, 0.25) is 0 Å². The van der Waals surface area contributed by atoms with Crippen LogP contribution in [0.4, 0.5) is 10.5 Å². The molecule has 11 nitrogen and oxygen atoms in total. The van der Waals surface area contributed by atoms with Crippen LogP contribution in [0, 0.1) is 0 Å². The maximum Gasteiger partial charge on any atom is 0.410 e. The Morgan fingerprint density at radius 3 is 2.56 bits per heavy atom. The van der Waals surface area contributed by atoms with E-state index in [-0.39, 0.29) is 23.8 Å². The van der Waals surface area contributed by atoms with Crippen molar-refractivity contribution in [3.8, 4) is 5.88 Å². The maximum atomic E-state index is 14.1. The number of nitrogen functional groups attached to an aromatic ring is 1. The number of nitrogens with two attached hydrogens (primary N) is 3. The number of amides is 2. The van der Waals surface area contributed by atoms with E-state index < -0.39 is 34.4 Å². The third-order valence-electron chi connectivity index (χ3n) is 8.84. The van der Waals surface area contributed by atoms with Crippen molar-refractivity contribution in [3.05, 3.63) is 47.2 Å². The molecule has 0 unspecified atom stereocenters. The van der Waals surface area contributed by atoms with Gasteiger partial charge in [0.25, 0.3) is 0 Å². The van der Waals surface area contributed by atoms with Gasteiger partial charge in [-0.2, -0.15) is 0 Å². The van der Waals surface area contributed by atoms with E-state index in [1.54, 1.807) is 35.4 Å². The lowest BCUT2D eigenvalue weighted by molar-refractivity contribution is -0.126. The van der Waals surface area contributed by atoms with E-state index in [1.165, 1.54) is 11.8 Å². The number of carbonyl (C=O) groups excluding carboxylic acids is 3. The normalized spacial score (nSPS) is 28.6. The van der Waals surface area contributed by atoms with Crippen LogP contribution in [0.1, 0.15) is 75.5 Å². The molecule has 0 radical (unpaired) electrons. The van der Waals surface area contributed by atoms with Crippen molar-refractivity contribution >= 4 is 35.2 Å². The topological polar surface area (TPSA) is 176 Å². The van der Waals surface area contributed by atoms with E-state index in [0.29, 0.717) is 35.8 Å². The zero-order chi connectivity index (χ0) is 30.7. The lowest BCUT2D eigenvalue weighted by Gasteiger charge is -2.41. The number of hydrogen-bond acceptors (Lipinski definition) is 10. The van der Waals surface area contributed by atoms with Crippen LogP contribution >= 0.6 is 11.8 Å². The molecular formula is C31H40N6O5S. The van der Waals surface area contributed by atoms with Crippen LogP contribution in [-0.2, 0) is 19.9 Å². The quantitative estimate of drug-likeness (QED) is 0.369. The first kappa shape index (κ1) is 29.7. The number of ether oxygens (including phenoxy) is 2. The molecule has 7 N–H and O–H groups in total. The summed E-state index contributed by atoms with van der Waals surface area (Å²) in [6, 6.07) is 5.70. The summed E-state index contributed by atoms with van der Waals surface area (Å²) in [6.45, 7) is 6.37. The Hall–Kier alpha value is -3.35. The van der Waals surface area contributed by atoms with E-state index >= 15 is 0 Å². The highest BCUT2D eigenvalue weighted by atomic mass is 32.2. The molecule has 2 amide bonds. The molecule has 0 bridgehead atoms. The molecule has 5 atom stereocenters. The lowest BCUT2D eigenvalue weighted by Crippen LogP contribution is -2.61. The average molecular weight is 609 g/mol. The molecule has 43 heavy (non-hydrogen) atoms. The highest BCUT2D eigenvalue weighted by molar-refractivity contribution is 8.01. The first-order valence-electron chi connectivity index (χ1n) is 15.0. The van der Waals surface area contributed by atoms with Crippen molar-refractivity contribution in [2.45, 2.75) is 98.3 Å². The summed E-state index contributed by atoms with van der Waals surface area (Å²) in [5.74, 6) is -0.753. The van der Waals surface area contributed by atoms with Gasteiger partial charge in [0.2, 0.25) is 11.8 Å². The fraction of sp³-hybridized carbons (Fsp3) is 0.548. The number of benzene rings is 1. The van der Waals surface area contributed by atoms with Crippen molar-refractivity contribution < 1.29 is 23.9 Å². The van der Waals surface area contributed by atoms with Crippen LogP contribution in [-0.4, -0.2) is 69.8 Å². The number of nitrogens with zero attached hydrogens (tertiary/aromatic N) is 2. The van der Waals surface area contributed by atoms with E-state index in [1.807, 2.05) is 20.8 Å². The summed E-state index contributed by atoms with van der Waals surface area (Å²) in [6.07, 6.45) is 5.96. The number of hydrogen-bond donors (Lipinski definition) is 4. The molecule has 2 aromatic rings. The van der Waals surface area contributed by atoms with Crippen LogP contribution in [0.15, 0.2) is 35.4 Å². The van der Waals surface area contributed by atoms with Crippen LogP contribution in [0.25, 0.3) is 0 Å². The number of thioether (sulfide) groups is 1. The van der Waals surface area contributed by atoms with Crippen molar-refractivity contribution in [1.29, 1.82) is 0 Å². The Bertz CT molecular complexity index is 1440. The summed E-state index contributed by atoms with van der Waals surface area (Å²) in [7, 11) is 0. The average Bonchev–Trinajstić information content (AvgIpc) is 3.35. The SMILES string of the molecule is CC(C)(C)OC(=O)N1CCC[C@@H](NC(=O)[C@@H]2Sc3c(N)ccc4c3[C@@H]2[C@@H](N)C(=O)[C@]4(N)c2ccc(OC3CCC3)nc2)C1. The fourth-order valence-electron chi connectivity index (χ4n) is 6.43. The third kappa shape index (κ3) is 5.33. The second kappa shape index (κ2) is 11.0. The highest BCUT2D eigenvalue weighted by Gasteiger charge is 2.57. The standard InChI is InChI=1S/C31H40N6O5S/c1-30(2,3)42-29(40)37-13-5-6-17(15-37)36-28(39)26-23-22-19(10-11-20(32)25(22)43-26)31(34,27(38)24(23)33)16-9-12-21(35-14-16)41-18-7-4-8-18/h9-12,14,17-18,23-24,26H,4-8,13,15,32-34H2,1-3H3,(H,36,39)/t17-,23-,24-,26-,31+/m1/s1. The van der Waals surface area contributed by atoms with Gasteiger partial charge in [0.05, 0.1) is 11.3 Å². The van der Waals surface area contributed by atoms with E-state index in [4.69, 9.17) is 26.7 Å². The van der Waals surface area contributed by atoms with Crippen LogP contribution < -0.4 is 27.3 Å². The van der Waals surface area contributed by atoms with Crippen molar-refractivity contribution in [3.63, 3.8) is 0 Å². The minimum Gasteiger partial charge on any atom is -0.474 e. The molecule has 6 rings (SSSR count). The molecule has 12 heteroatoms. The molecule has 0 spiro atoms.